The van der Waals surface area contributed by atoms with Crippen LogP contribution < -0.4 is 11.1 Å². The van der Waals surface area contributed by atoms with Crippen LogP contribution in [0.25, 0.3) is 0 Å². The predicted molar refractivity (Wildman–Crippen MR) is 70.5 cm³/mol. The van der Waals surface area contributed by atoms with Crippen LogP contribution in [0.1, 0.15) is 23.7 Å². The summed E-state index contributed by atoms with van der Waals surface area (Å²) < 4.78 is 37.7. The molecule has 3 N–H and O–H groups in total. The number of alkyl halides is 3. The first kappa shape index (κ1) is 14.5. The maximum Gasteiger partial charge on any atom is 0.451 e. The monoisotopic (exact) mass is 303 g/mol. The zero-order valence-electron chi connectivity index (χ0n) is 10.5. The number of nitrogens with two attached hydrogens (primary N) is 1. The molecule has 2 aromatic heterocycles. The summed E-state index contributed by atoms with van der Waals surface area (Å²) >= 11 is 1.49. The maximum atomic E-state index is 12.6. The second-order valence-electron chi connectivity index (χ2n) is 4.15. The third kappa shape index (κ3) is 3.56. The normalized spacial score (nSPS) is 13.2. The highest BCUT2D eigenvalue weighted by molar-refractivity contribution is 7.09. The lowest BCUT2D eigenvalue weighted by molar-refractivity contribution is -0.144. The molecule has 0 spiro atoms. The smallest absolute Gasteiger partial charge is 0.384 e. The van der Waals surface area contributed by atoms with Crippen molar-refractivity contribution in [3.63, 3.8) is 0 Å². The summed E-state index contributed by atoms with van der Waals surface area (Å²) in [6.07, 6.45) is -2.94. The first-order valence-corrected chi connectivity index (χ1v) is 6.59. The molecule has 1 unspecified atom stereocenters. The van der Waals surface area contributed by atoms with Gasteiger partial charge in [-0.25, -0.2) is 15.0 Å². The number of hydrogen-bond donors (Lipinski definition) is 2. The van der Waals surface area contributed by atoms with E-state index in [0.29, 0.717) is 6.54 Å². The van der Waals surface area contributed by atoms with Crippen LogP contribution >= 0.6 is 11.3 Å². The van der Waals surface area contributed by atoms with E-state index < -0.39 is 12.0 Å². The Labute approximate surface area is 117 Å². The number of anilines is 2. The Hall–Kier alpha value is -1.90. The SMILES string of the molecule is CC(CNc1cc(N)nc(C(F)(F)F)n1)c1nccs1. The van der Waals surface area contributed by atoms with E-state index in [1.165, 1.54) is 17.4 Å². The fourth-order valence-corrected chi connectivity index (χ4v) is 2.20. The quantitative estimate of drug-likeness (QED) is 0.908. The maximum absolute atomic E-state index is 12.6. The third-order valence-electron chi connectivity index (χ3n) is 2.46. The van der Waals surface area contributed by atoms with E-state index >= 15 is 0 Å². The number of nitrogen functional groups attached to an aromatic ring is 1. The number of nitrogens with zero attached hydrogens (tertiary/aromatic N) is 3. The number of nitrogens with one attached hydrogen (secondary N) is 1. The second-order valence-corrected chi connectivity index (χ2v) is 5.08. The van der Waals surface area contributed by atoms with E-state index in [1.807, 2.05) is 12.3 Å². The van der Waals surface area contributed by atoms with Gasteiger partial charge in [0.15, 0.2) is 0 Å². The van der Waals surface area contributed by atoms with Gasteiger partial charge < -0.3 is 11.1 Å². The molecule has 5 nitrogen and oxygen atoms in total. The van der Waals surface area contributed by atoms with Crippen molar-refractivity contribution in [2.75, 3.05) is 17.6 Å². The fraction of sp³-hybridized carbons (Fsp3) is 0.364. The second kappa shape index (κ2) is 5.61. The zero-order valence-corrected chi connectivity index (χ0v) is 11.3. The Morgan fingerprint density at radius 3 is 2.75 bits per heavy atom. The predicted octanol–water partition coefficient (Wildman–Crippen LogP) is 2.75. The van der Waals surface area contributed by atoms with Gasteiger partial charge in [-0.2, -0.15) is 13.2 Å². The Morgan fingerprint density at radius 2 is 2.15 bits per heavy atom. The molecule has 0 aliphatic rings. The lowest BCUT2D eigenvalue weighted by Gasteiger charge is -2.12. The number of thiazole rings is 1. The van der Waals surface area contributed by atoms with Crippen LogP contribution in [0.4, 0.5) is 24.8 Å². The molecule has 0 bridgehead atoms. The largest absolute Gasteiger partial charge is 0.451 e. The van der Waals surface area contributed by atoms with Crippen molar-refractivity contribution < 1.29 is 13.2 Å². The number of rotatable bonds is 4. The first-order valence-electron chi connectivity index (χ1n) is 5.71. The van der Waals surface area contributed by atoms with Crippen LogP contribution in [-0.2, 0) is 6.18 Å². The van der Waals surface area contributed by atoms with Crippen molar-refractivity contribution >= 4 is 23.0 Å². The van der Waals surface area contributed by atoms with Gasteiger partial charge in [-0.15, -0.1) is 11.3 Å². The van der Waals surface area contributed by atoms with Gasteiger partial charge >= 0.3 is 6.18 Å². The average Bonchev–Trinajstić information content (AvgIpc) is 2.88. The van der Waals surface area contributed by atoms with Crippen LogP contribution in [0, 0.1) is 0 Å². The minimum absolute atomic E-state index is 0.0493. The third-order valence-corrected chi connectivity index (χ3v) is 3.47. The van der Waals surface area contributed by atoms with E-state index in [0.717, 1.165) is 5.01 Å². The fourth-order valence-electron chi connectivity index (χ4n) is 1.51. The molecule has 0 aliphatic heterocycles. The van der Waals surface area contributed by atoms with E-state index in [1.54, 1.807) is 6.20 Å². The number of hydrogen-bond acceptors (Lipinski definition) is 6. The first-order chi connectivity index (χ1) is 9.36. The standard InChI is InChI=1S/C11H12F3N5S/c1-6(9-16-2-3-20-9)5-17-8-4-7(15)18-10(19-8)11(12,13)14/h2-4,6H,5H2,1H3,(H3,15,17,18,19). The summed E-state index contributed by atoms with van der Waals surface area (Å²) in [5, 5.41) is 5.56. The lowest BCUT2D eigenvalue weighted by atomic mass is 10.2. The number of halogens is 3. The Balaban J connectivity index is 2.08. The molecule has 0 aliphatic carbocycles. The highest BCUT2D eigenvalue weighted by Crippen LogP contribution is 2.28. The lowest BCUT2D eigenvalue weighted by Crippen LogP contribution is -2.16. The minimum atomic E-state index is -4.62. The van der Waals surface area contributed by atoms with Gasteiger partial charge in [0.25, 0.3) is 0 Å². The Morgan fingerprint density at radius 1 is 1.40 bits per heavy atom. The molecule has 108 valence electrons. The Kier molecular flexibility index (Phi) is 4.07. The van der Waals surface area contributed by atoms with Crippen LogP contribution in [-0.4, -0.2) is 21.5 Å². The molecule has 0 amide bonds. The average molecular weight is 303 g/mol. The summed E-state index contributed by atoms with van der Waals surface area (Å²) in [6.45, 7) is 2.32. The van der Waals surface area contributed by atoms with Crippen molar-refractivity contribution in [1.82, 2.24) is 15.0 Å². The van der Waals surface area contributed by atoms with Crippen molar-refractivity contribution in [3.8, 4) is 0 Å². The molecule has 2 rings (SSSR count). The molecular weight excluding hydrogens is 291 g/mol. The molecule has 0 fully saturated rings. The molecule has 0 saturated carbocycles. The summed E-state index contributed by atoms with van der Waals surface area (Å²) in [6, 6.07) is 1.27. The van der Waals surface area contributed by atoms with Gasteiger partial charge in [0.2, 0.25) is 5.82 Å². The minimum Gasteiger partial charge on any atom is -0.384 e. The van der Waals surface area contributed by atoms with Crippen LogP contribution in [0.3, 0.4) is 0 Å². The molecule has 20 heavy (non-hydrogen) atoms. The summed E-state index contributed by atoms with van der Waals surface area (Å²) in [5.74, 6) is -1.37. The highest BCUT2D eigenvalue weighted by Gasteiger charge is 2.35. The van der Waals surface area contributed by atoms with Gasteiger partial charge in [0.1, 0.15) is 11.6 Å². The van der Waals surface area contributed by atoms with Crippen molar-refractivity contribution in [1.29, 1.82) is 0 Å². The van der Waals surface area contributed by atoms with Gasteiger partial charge in [0.05, 0.1) is 5.01 Å². The van der Waals surface area contributed by atoms with Crippen molar-refractivity contribution in [2.24, 2.45) is 0 Å². The van der Waals surface area contributed by atoms with Crippen LogP contribution in [0.2, 0.25) is 0 Å². The van der Waals surface area contributed by atoms with Crippen LogP contribution in [0.15, 0.2) is 17.6 Å². The number of aromatic nitrogens is 3. The zero-order chi connectivity index (χ0) is 14.8. The molecule has 1 atom stereocenters. The molecule has 0 aromatic carbocycles. The van der Waals surface area contributed by atoms with E-state index in [2.05, 4.69) is 20.3 Å². The van der Waals surface area contributed by atoms with Crippen molar-refractivity contribution in [3.05, 3.63) is 28.5 Å². The summed E-state index contributed by atoms with van der Waals surface area (Å²) in [4.78, 5) is 10.7. The van der Waals surface area contributed by atoms with E-state index in [4.69, 9.17) is 5.73 Å². The van der Waals surface area contributed by atoms with E-state index in [9.17, 15) is 13.2 Å². The molecule has 2 aromatic rings. The molecule has 0 saturated heterocycles. The van der Waals surface area contributed by atoms with Crippen molar-refractivity contribution in [2.45, 2.75) is 19.0 Å². The van der Waals surface area contributed by atoms with Gasteiger partial charge in [0, 0.05) is 30.1 Å². The summed E-state index contributed by atoms with van der Waals surface area (Å²) in [7, 11) is 0. The van der Waals surface area contributed by atoms with Gasteiger partial charge in [-0.3, -0.25) is 0 Å². The van der Waals surface area contributed by atoms with Crippen LogP contribution in [0.5, 0.6) is 0 Å². The van der Waals surface area contributed by atoms with Gasteiger partial charge in [-0.1, -0.05) is 6.92 Å². The highest BCUT2D eigenvalue weighted by atomic mass is 32.1. The molecule has 0 radical (unpaired) electrons. The van der Waals surface area contributed by atoms with Gasteiger partial charge in [-0.05, 0) is 0 Å². The molecule has 2 heterocycles. The van der Waals surface area contributed by atoms with E-state index in [-0.39, 0.29) is 17.6 Å². The summed E-state index contributed by atoms with van der Waals surface area (Å²) in [5.41, 5.74) is 5.36. The molecule has 9 heteroatoms. The molecular formula is C11H12F3N5S. The topological polar surface area (TPSA) is 76.7 Å². The Bertz CT molecular complexity index is 570.